The van der Waals surface area contributed by atoms with E-state index in [9.17, 15) is 17.4 Å². The summed E-state index contributed by atoms with van der Waals surface area (Å²) in [6, 6.07) is 5.36. The van der Waals surface area contributed by atoms with Crippen molar-refractivity contribution in [2.24, 2.45) is 5.92 Å². The van der Waals surface area contributed by atoms with Crippen LogP contribution < -0.4 is 15.2 Å². The summed E-state index contributed by atoms with van der Waals surface area (Å²) in [5, 5.41) is 0. The summed E-state index contributed by atoms with van der Waals surface area (Å²) >= 11 is 0. The largest absolute Gasteiger partial charge is 0.435 e. The maximum Gasteiger partial charge on any atom is 0.228 e. The topological polar surface area (TPSA) is 103 Å². The zero-order chi connectivity index (χ0) is 22.0. The highest BCUT2D eigenvalue weighted by Gasteiger charge is 2.25. The molecule has 4 rings (SSSR count). The van der Waals surface area contributed by atoms with Crippen molar-refractivity contribution in [1.82, 2.24) is 15.0 Å². The van der Waals surface area contributed by atoms with Crippen LogP contribution in [0.3, 0.4) is 0 Å². The van der Waals surface area contributed by atoms with Gasteiger partial charge in [0.1, 0.15) is 16.7 Å². The third-order valence-electron chi connectivity index (χ3n) is 4.68. The van der Waals surface area contributed by atoms with E-state index >= 15 is 0 Å². The minimum atomic E-state index is -1.73. The van der Waals surface area contributed by atoms with Gasteiger partial charge in [0.2, 0.25) is 17.6 Å². The van der Waals surface area contributed by atoms with Crippen molar-refractivity contribution in [2.45, 2.75) is 19.3 Å². The van der Waals surface area contributed by atoms with E-state index in [0.29, 0.717) is 29.7 Å². The second-order valence-corrected chi connectivity index (χ2v) is 8.30. The fourth-order valence-corrected chi connectivity index (χ4v) is 3.95. The van der Waals surface area contributed by atoms with E-state index in [0.717, 1.165) is 12.8 Å². The van der Waals surface area contributed by atoms with Crippen LogP contribution in [0.5, 0.6) is 11.6 Å². The Kier molecular flexibility index (Phi) is 6.03. The molecular formula is C20H18F3N5O2S. The van der Waals surface area contributed by atoms with Gasteiger partial charge in [-0.15, -0.1) is 0 Å². The summed E-state index contributed by atoms with van der Waals surface area (Å²) in [7, 11) is -1.73. The minimum Gasteiger partial charge on any atom is -0.435 e. The van der Waals surface area contributed by atoms with Crippen molar-refractivity contribution in [1.29, 1.82) is 0 Å². The summed E-state index contributed by atoms with van der Waals surface area (Å²) < 4.78 is 63.3. The molecule has 3 N–H and O–H groups in total. The van der Waals surface area contributed by atoms with Gasteiger partial charge in [-0.1, -0.05) is 12.8 Å². The van der Waals surface area contributed by atoms with Crippen LogP contribution >= 0.6 is 0 Å². The number of rotatable bonds is 8. The highest BCUT2D eigenvalue weighted by Crippen LogP contribution is 2.36. The molecule has 31 heavy (non-hydrogen) atoms. The summed E-state index contributed by atoms with van der Waals surface area (Å²) in [6.07, 6.45) is 5.60. The molecule has 162 valence electrons. The number of nitrogens with zero attached hydrogens (tertiary/aromatic N) is 3. The maximum atomic E-state index is 14.6. The molecule has 2 heterocycles. The number of nitrogen functional groups attached to an aromatic ring is 1. The molecule has 2 aromatic heterocycles. The van der Waals surface area contributed by atoms with Gasteiger partial charge in [-0.05, 0) is 30.5 Å². The predicted molar refractivity (Wildman–Crippen MR) is 110 cm³/mol. The molecule has 0 aliphatic heterocycles. The third kappa shape index (κ3) is 4.93. The molecule has 1 aromatic carbocycles. The highest BCUT2D eigenvalue weighted by atomic mass is 32.2. The summed E-state index contributed by atoms with van der Waals surface area (Å²) in [4.78, 5) is 11.8. The molecule has 1 aliphatic carbocycles. The first-order chi connectivity index (χ1) is 14.9. The molecule has 3 aromatic rings. The van der Waals surface area contributed by atoms with Gasteiger partial charge in [0.25, 0.3) is 0 Å². The van der Waals surface area contributed by atoms with E-state index in [-0.39, 0.29) is 17.6 Å². The molecule has 0 saturated heterocycles. The smallest absolute Gasteiger partial charge is 0.228 e. The summed E-state index contributed by atoms with van der Waals surface area (Å²) in [6.45, 7) is 0. The fraction of sp³-hybridized carbons (Fsp3) is 0.250. The highest BCUT2D eigenvalue weighted by molar-refractivity contribution is 7.86. The van der Waals surface area contributed by atoms with Crippen molar-refractivity contribution < 1.29 is 22.1 Å². The Bertz CT molecular complexity index is 1140. The zero-order valence-electron chi connectivity index (χ0n) is 16.1. The van der Waals surface area contributed by atoms with E-state index in [1.165, 1.54) is 18.5 Å². The molecule has 0 radical (unpaired) electrons. The Hall–Kier alpha value is -3.21. The van der Waals surface area contributed by atoms with E-state index in [1.807, 2.05) is 0 Å². The van der Waals surface area contributed by atoms with E-state index < -0.39 is 39.9 Å². The molecular weight excluding hydrogens is 431 g/mol. The van der Waals surface area contributed by atoms with Gasteiger partial charge in [-0.2, -0.15) is 4.39 Å². The average Bonchev–Trinajstić information content (AvgIpc) is 3.58. The van der Waals surface area contributed by atoms with Crippen molar-refractivity contribution >= 4 is 22.6 Å². The zero-order valence-corrected chi connectivity index (χ0v) is 17.0. The van der Waals surface area contributed by atoms with Crippen LogP contribution in [0.1, 0.15) is 19.3 Å². The van der Waals surface area contributed by atoms with Gasteiger partial charge in [-0.3, -0.25) is 4.72 Å². The monoisotopic (exact) mass is 449 g/mol. The Morgan fingerprint density at radius 1 is 1.16 bits per heavy atom. The molecule has 11 heteroatoms. The molecule has 1 unspecified atom stereocenters. The van der Waals surface area contributed by atoms with E-state index in [1.54, 1.807) is 12.1 Å². The van der Waals surface area contributed by atoms with Crippen LogP contribution in [0.25, 0.3) is 11.3 Å². The van der Waals surface area contributed by atoms with E-state index in [2.05, 4.69) is 19.7 Å². The number of ether oxygens (including phenoxy) is 1. The van der Waals surface area contributed by atoms with Gasteiger partial charge in [0.15, 0.2) is 17.4 Å². The predicted octanol–water partition coefficient (Wildman–Crippen LogP) is 4.21. The number of aromatic nitrogens is 3. The van der Waals surface area contributed by atoms with Gasteiger partial charge < -0.3 is 10.5 Å². The van der Waals surface area contributed by atoms with Crippen LogP contribution in [-0.2, 0) is 11.0 Å². The van der Waals surface area contributed by atoms with Crippen LogP contribution in [0.4, 0.5) is 24.8 Å². The first-order valence-corrected chi connectivity index (χ1v) is 10.8. The molecule has 0 bridgehead atoms. The number of halogens is 3. The quantitative estimate of drug-likeness (QED) is 0.500. The first kappa shape index (κ1) is 21.0. The summed E-state index contributed by atoms with van der Waals surface area (Å²) in [5.74, 6) is -4.23. The van der Waals surface area contributed by atoms with Crippen molar-refractivity contribution in [3.63, 3.8) is 0 Å². The normalized spacial score (nSPS) is 14.3. The third-order valence-corrected chi connectivity index (χ3v) is 5.72. The number of benzene rings is 1. The molecule has 1 atom stereocenters. The van der Waals surface area contributed by atoms with Gasteiger partial charge in [0, 0.05) is 24.2 Å². The first-order valence-electron chi connectivity index (χ1n) is 9.46. The van der Waals surface area contributed by atoms with Crippen molar-refractivity contribution in [2.75, 3.05) is 16.2 Å². The number of nitrogens with two attached hydrogens (primary N) is 1. The van der Waals surface area contributed by atoms with Crippen molar-refractivity contribution in [3.05, 3.63) is 54.1 Å². The summed E-state index contributed by atoms with van der Waals surface area (Å²) in [5.41, 5.74) is 5.44. The molecule has 1 saturated carbocycles. The minimum absolute atomic E-state index is 0.000635. The van der Waals surface area contributed by atoms with Gasteiger partial charge in [-0.25, -0.2) is 27.9 Å². The fourth-order valence-electron chi connectivity index (χ4n) is 2.88. The number of hydrogen-bond donors (Lipinski definition) is 2. The molecule has 1 aliphatic rings. The second kappa shape index (κ2) is 8.88. The maximum absolute atomic E-state index is 14.6. The van der Waals surface area contributed by atoms with Crippen molar-refractivity contribution in [3.8, 4) is 22.9 Å². The molecule has 0 spiro atoms. The van der Waals surface area contributed by atoms with E-state index in [4.69, 9.17) is 10.5 Å². The van der Waals surface area contributed by atoms with Gasteiger partial charge in [0.05, 0.1) is 11.3 Å². The lowest BCUT2D eigenvalue weighted by atomic mass is 10.2. The van der Waals surface area contributed by atoms with Crippen LogP contribution in [0, 0.1) is 23.4 Å². The Morgan fingerprint density at radius 2 is 1.97 bits per heavy atom. The SMILES string of the molecule is Nc1nccc(-c2cccnc2Oc2cc(F)c(NS(=O)CCC3CC3)c(F)c2F)n1. The molecule has 0 amide bonds. The number of pyridine rings is 1. The van der Waals surface area contributed by atoms with Crippen LogP contribution in [0.15, 0.2) is 36.7 Å². The Labute approximate surface area is 178 Å². The molecule has 1 fully saturated rings. The lowest BCUT2D eigenvalue weighted by molar-refractivity contribution is 0.401. The lowest BCUT2D eigenvalue weighted by Gasteiger charge is -2.13. The molecule has 7 nitrogen and oxygen atoms in total. The van der Waals surface area contributed by atoms with Gasteiger partial charge >= 0.3 is 0 Å². The second-order valence-electron chi connectivity index (χ2n) is 7.00. The lowest BCUT2D eigenvalue weighted by Crippen LogP contribution is -2.13. The Morgan fingerprint density at radius 3 is 2.71 bits per heavy atom. The standard InChI is InChI=1S/C20H18F3N5O2S/c21-13-10-15(16(22)17(23)18(13)28-31(29)9-6-11-3-4-11)30-19-12(2-1-7-25-19)14-5-8-26-20(24)27-14/h1-2,5,7-8,10-11,28H,3-4,6,9H2,(H2,24,26,27). The number of anilines is 2. The number of hydrogen-bond acceptors (Lipinski definition) is 6. The number of nitrogens with one attached hydrogen (secondary N) is 1. The van der Waals surface area contributed by atoms with Crippen LogP contribution in [0.2, 0.25) is 0 Å². The average molecular weight is 449 g/mol. The van der Waals surface area contributed by atoms with Crippen LogP contribution in [-0.4, -0.2) is 24.9 Å². The Balaban J connectivity index is 1.59.